The van der Waals surface area contributed by atoms with Crippen molar-refractivity contribution in [2.45, 2.75) is 31.4 Å². The molecular formula is C21H19F3N2O2S. The number of aromatic nitrogens is 2. The zero-order valence-corrected chi connectivity index (χ0v) is 16.4. The van der Waals surface area contributed by atoms with Gasteiger partial charge in [-0.05, 0) is 18.6 Å². The number of hydrogen-bond donors (Lipinski definition) is 1. The number of halogens is 3. The molecule has 0 aliphatic rings. The number of imidazole rings is 1. The molecule has 1 aromatic heterocycles. The van der Waals surface area contributed by atoms with Gasteiger partial charge in [0.05, 0.1) is 36.4 Å². The number of benzene rings is 2. The second kappa shape index (κ2) is 8.84. The quantitative estimate of drug-likeness (QED) is 0.444. The van der Waals surface area contributed by atoms with Crippen LogP contribution in [0.1, 0.15) is 32.7 Å². The molecule has 0 fully saturated rings. The molecule has 8 heteroatoms. The van der Waals surface area contributed by atoms with E-state index in [0.717, 1.165) is 23.4 Å². The van der Waals surface area contributed by atoms with Crippen LogP contribution in [0, 0.1) is 6.92 Å². The maximum absolute atomic E-state index is 13.3. The normalized spacial score (nSPS) is 11.6. The van der Waals surface area contributed by atoms with Crippen LogP contribution < -0.4 is 0 Å². The molecule has 0 spiro atoms. The molecule has 0 radical (unpaired) electrons. The Balaban J connectivity index is 1.82. The molecule has 4 nitrogen and oxygen atoms in total. The minimum absolute atomic E-state index is 0.0689. The van der Waals surface area contributed by atoms with E-state index in [1.807, 2.05) is 19.1 Å². The van der Waals surface area contributed by atoms with Crippen LogP contribution in [0.4, 0.5) is 13.2 Å². The Hall–Kier alpha value is -2.58. The highest BCUT2D eigenvalue weighted by atomic mass is 32.2. The Kier molecular flexibility index (Phi) is 6.44. The summed E-state index contributed by atoms with van der Waals surface area (Å²) in [6.45, 7) is 1.45. The summed E-state index contributed by atoms with van der Waals surface area (Å²) in [5, 5.41) is 9.94. The average Bonchev–Trinajstić information content (AvgIpc) is 3.08. The summed E-state index contributed by atoms with van der Waals surface area (Å²) < 4.78 is 41.4. The first-order chi connectivity index (χ1) is 13.8. The van der Waals surface area contributed by atoms with Crippen molar-refractivity contribution in [3.63, 3.8) is 0 Å². The van der Waals surface area contributed by atoms with Gasteiger partial charge in [-0.1, -0.05) is 59.8 Å². The highest BCUT2D eigenvalue weighted by Crippen LogP contribution is 2.33. The van der Waals surface area contributed by atoms with Crippen molar-refractivity contribution in [2.75, 3.05) is 5.75 Å². The lowest BCUT2D eigenvalue weighted by Gasteiger charge is -2.15. The molecule has 0 atom stereocenters. The van der Waals surface area contributed by atoms with Crippen molar-refractivity contribution in [1.82, 2.24) is 9.55 Å². The molecule has 0 unspecified atom stereocenters. The van der Waals surface area contributed by atoms with E-state index in [4.69, 9.17) is 0 Å². The second-order valence-electron chi connectivity index (χ2n) is 6.51. The number of ketones is 1. The first-order valence-electron chi connectivity index (χ1n) is 8.82. The van der Waals surface area contributed by atoms with Crippen LogP contribution in [0.5, 0.6) is 0 Å². The van der Waals surface area contributed by atoms with Crippen LogP contribution in [0.25, 0.3) is 0 Å². The fraction of sp³-hybridized carbons (Fsp3) is 0.238. The summed E-state index contributed by atoms with van der Waals surface area (Å²) in [4.78, 5) is 16.6. The van der Waals surface area contributed by atoms with Gasteiger partial charge in [-0.15, -0.1) is 0 Å². The molecule has 1 heterocycles. The third-order valence-corrected chi connectivity index (χ3v) is 5.41. The van der Waals surface area contributed by atoms with E-state index in [2.05, 4.69) is 4.98 Å². The minimum Gasteiger partial charge on any atom is -0.390 e. The number of thioether (sulfide) groups is 1. The lowest BCUT2D eigenvalue weighted by Crippen LogP contribution is -2.14. The van der Waals surface area contributed by atoms with Gasteiger partial charge in [0.2, 0.25) is 0 Å². The number of carbonyl (C=O) groups is 1. The molecule has 152 valence electrons. The van der Waals surface area contributed by atoms with E-state index in [0.29, 0.717) is 16.4 Å². The highest BCUT2D eigenvalue weighted by Gasteiger charge is 2.33. The van der Waals surface area contributed by atoms with E-state index >= 15 is 0 Å². The van der Waals surface area contributed by atoms with E-state index < -0.39 is 11.7 Å². The summed E-state index contributed by atoms with van der Waals surface area (Å²) in [6.07, 6.45) is -3.07. The van der Waals surface area contributed by atoms with Crippen molar-refractivity contribution >= 4 is 17.5 Å². The van der Waals surface area contributed by atoms with Gasteiger partial charge in [0.25, 0.3) is 0 Å². The smallest absolute Gasteiger partial charge is 0.390 e. The van der Waals surface area contributed by atoms with Crippen molar-refractivity contribution in [3.05, 3.63) is 82.7 Å². The van der Waals surface area contributed by atoms with E-state index in [1.165, 1.54) is 29.0 Å². The zero-order valence-electron chi connectivity index (χ0n) is 15.6. The second-order valence-corrected chi connectivity index (χ2v) is 7.45. The Morgan fingerprint density at radius 2 is 1.83 bits per heavy atom. The summed E-state index contributed by atoms with van der Waals surface area (Å²) in [7, 11) is 0. The SMILES string of the molecule is Cc1ccc(C(=O)CSc2ncc(CO)n2Cc2ccccc2C(F)(F)F)cc1. The van der Waals surface area contributed by atoms with Gasteiger partial charge in [0, 0.05) is 5.56 Å². The standard InChI is InChI=1S/C21H19F3N2O2S/c1-14-6-8-15(9-7-14)19(28)13-29-20-25-10-17(12-27)26(20)11-16-4-2-3-5-18(16)21(22,23)24/h2-10,27H,11-13H2,1H3. The monoisotopic (exact) mass is 420 g/mol. The van der Waals surface area contributed by atoms with Crippen LogP contribution in [0.2, 0.25) is 0 Å². The van der Waals surface area contributed by atoms with Crippen LogP contribution in [-0.4, -0.2) is 26.2 Å². The lowest BCUT2D eigenvalue weighted by molar-refractivity contribution is -0.138. The summed E-state index contributed by atoms with van der Waals surface area (Å²) in [5.41, 5.74) is 1.32. The molecule has 0 saturated heterocycles. The first-order valence-corrected chi connectivity index (χ1v) is 9.81. The maximum atomic E-state index is 13.3. The Bertz CT molecular complexity index is 998. The molecule has 0 aliphatic heterocycles. The van der Waals surface area contributed by atoms with Crippen molar-refractivity contribution < 1.29 is 23.1 Å². The highest BCUT2D eigenvalue weighted by molar-refractivity contribution is 7.99. The summed E-state index contributed by atoms with van der Waals surface area (Å²) in [5.74, 6) is -0.0166. The number of carbonyl (C=O) groups excluding carboxylic acids is 1. The number of alkyl halides is 3. The van der Waals surface area contributed by atoms with Gasteiger partial charge in [-0.3, -0.25) is 4.79 Å². The van der Waals surface area contributed by atoms with Crippen molar-refractivity contribution in [2.24, 2.45) is 0 Å². The zero-order chi connectivity index (χ0) is 21.0. The largest absolute Gasteiger partial charge is 0.416 e. The summed E-state index contributed by atoms with van der Waals surface area (Å²) >= 11 is 1.13. The topological polar surface area (TPSA) is 55.1 Å². The molecule has 0 saturated carbocycles. The van der Waals surface area contributed by atoms with Gasteiger partial charge < -0.3 is 9.67 Å². The summed E-state index contributed by atoms with van der Waals surface area (Å²) in [6, 6.07) is 12.5. The number of aliphatic hydroxyl groups excluding tert-OH is 1. The van der Waals surface area contributed by atoms with Gasteiger partial charge in [-0.2, -0.15) is 13.2 Å². The Morgan fingerprint density at radius 1 is 1.14 bits per heavy atom. The molecule has 0 aliphatic carbocycles. The van der Waals surface area contributed by atoms with Crippen molar-refractivity contribution in [1.29, 1.82) is 0 Å². The van der Waals surface area contributed by atoms with E-state index in [1.54, 1.807) is 12.1 Å². The predicted octanol–water partition coefficient (Wildman–Crippen LogP) is 4.73. The third kappa shape index (κ3) is 5.07. The van der Waals surface area contributed by atoms with Gasteiger partial charge in [-0.25, -0.2) is 4.98 Å². The molecule has 29 heavy (non-hydrogen) atoms. The molecule has 2 aromatic carbocycles. The lowest BCUT2D eigenvalue weighted by atomic mass is 10.1. The van der Waals surface area contributed by atoms with Gasteiger partial charge >= 0.3 is 6.18 Å². The molecule has 3 aromatic rings. The van der Waals surface area contributed by atoms with Crippen LogP contribution in [-0.2, 0) is 19.3 Å². The van der Waals surface area contributed by atoms with Gasteiger partial charge in [0.15, 0.2) is 10.9 Å². The van der Waals surface area contributed by atoms with Gasteiger partial charge in [0.1, 0.15) is 0 Å². The number of aryl methyl sites for hydroxylation is 1. The predicted molar refractivity (Wildman–Crippen MR) is 105 cm³/mol. The average molecular weight is 420 g/mol. The molecule has 1 N–H and O–H groups in total. The third-order valence-electron chi connectivity index (χ3n) is 4.42. The minimum atomic E-state index is -4.48. The van der Waals surface area contributed by atoms with Crippen LogP contribution in [0.3, 0.4) is 0 Å². The van der Waals surface area contributed by atoms with Crippen LogP contribution in [0.15, 0.2) is 59.9 Å². The fourth-order valence-corrected chi connectivity index (χ4v) is 3.75. The molecule has 3 rings (SSSR count). The molecule has 0 amide bonds. The number of hydrogen-bond acceptors (Lipinski definition) is 4. The van der Waals surface area contributed by atoms with E-state index in [-0.39, 0.29) is 30.3 Å². The first kappa shape index (κ1) is 21.1. The Morgan fingerprint density at radius 3 is 2.48 bits per heavy atom. The molecular weight excluding hydrogens is 401 g/mol. The van der Waals surface area contributed by atoms with Crippen LogP contribution >= 0.6 is 11.8 Å². The fourth-order valence-electron chi connectivity index (χ4n) is 2.86. The van der Waals surface area contributed by atoms with E-state index in [9.17, 15) is 23.1 Å². The molecule has 0 bridgehead atoms. The number of nitrogens with zero attached hydrogens (tertiary/aromatic N) is 2. The maximum Gasteiger partial charge on any atom is 0.416 e. The number of rotatable bonds is 7. The Labute approximate surface area is 170 Å². The number of Topliss-reactive ketones (excluding diaryl/α,β-unsaturated/α-hetero) is 1. The van der Waals surface area contributed by atoms with Crippen molar-refractivity contribution in [3.8, 4) is 0 Å². The number of aliphatic hydroxyl groups is 1.